The van der Waals surface area contributed by atoms with Gasteiger partial charge in [0.1, 0.15) is 5.69 Å². The average Bonchev–Trinajstić information content (AvgIpc) is 2.87. The lowest BCUT2D eigenvalue weighted by Crippen LogP contribution is -2.39. The molecule has 0 saturated carbocycles. The van der Waals surface area contributed by atoms with Crippen LogP contribution < -0.4 is 0 Å². The number of carbonyl (C=O) groups is 1. The summed E-state index contributed by atoms with van der Waals surface area (Å²) in [4.78, 5) is 22.3. The minimum atomic E-state index is -0.0116. The largest absolute Gasteiger partial charge is 0.346 e. The first-order chi connectivity index (χ1) is 10.2. The summed E-state index contributed by atoms with van der Waals surface area (Å²) in [6.45, 7) is 5.84. The zero-order valence-electron chi connectivity index (χ0n) is 12.5. The molecule has 1 aliphatic rings. The monoisotopic (exact) mass is 284 g/mol. The topological polar surface area (TPSA) is 51.0 Å². The van der Waals surface area contributed by atoms with Gasteiger partial charge in [-0.25, -0.2) is 4.98 Å². The van der Waals surface area contributed by atoms with Crippen LogP contribution in [0.15, 0.2) is 30.7 Å². The number of hydrogen-bond acceptors (Lipinski definition) is 3. The van der Waals surface area contributed by atoms with Gasteiger partial charge in [0, 0.05) is 42.9 Å². The van der Waals surface area contributed by atoms with Crippen LogP contribution in [0.4, 0.5) is 0 Å². The lowest BCUT2D eigenvalue weighted by Gasteiger charge is -2.33. The summed E-state index contributed by atoms with van der Waals surface area (Å²) in [7, 11) is 0. The highest BCUT2D eigenvalue weighted by Gasteiger charge is 2.26. The van der Waals surface area contributed by atoms with E-state index in [1.165, 1.54) is 17.6 Å². The Bertz CT molecular complexity index is 607. The van der Waals surface area contributed by atoms with Crippen molar-refractivity contribution in [2.75, 3.05) is 13.1 Å². The molecule has 0 unspecified atom stereocenters. The molecular weight excluding hydrogens is 264 g/mol. The van der Waals surface area contributed by atoms with Crippen molar-refractivity contribution in [3.8, 4) is 0 Å². The molecule has 0 atom stereocenters. The van der Waals surface area contributed by atoms with Crippen molar-refractivity contribution < 1.29 is 4.79 Å². The lowest BCUT2D eigenvalue weighted by atomic mass is 10.0. The number of rotatable bonds is 2. The fourth-order valence-electron chi connectivity index (χ4n) is 3.15. The third-order valence-corrected chi connectivity index (χ3v) is 4.22. The van der Waals surface area contributed by atoms with Gasteiger partial charge in [-0.15, -0.1) is 0 Å². The van der Waals surface area contributed by atoms with Gasteiger partial charge < -0.3 is 9.47 Å². The van der Waals surface area contributed by atoms with Crippen molar-refractivity contribution in [3.05, 3.63) is 47.8 Å². The zero-order chi connectivity index (χ0) is 14.8. The van der Waals surface area contributed by atoms with Crippen LogP contribution >= 0.6 is 0 Å². The Morgan fingerprint density at radius 3 is 2.38 bits per heavy atom. The molecular formula is C16H20N4O. The van der Waals surface area contributed by atoms with Crippen molar-refractivity contribution >= 4 is 5.91 Å². The third kappa shape index (κ3) is 2.68. The van der Waals surface area contributed by atoms with Crippen molar-refractivity contribution in [2.24, 2.45) is 0 Å². The molecule has 1 saturated heterocycles. The van der Waals surface area contributed by atoms with Crippen LogP contribution in [0, 0.1) is 13.8 Å². The molecule has 2 aromatic rings. The molecule has 0 bridgehead atoms. The molecule has 5 nitrogen and oxygen atoms in total. The maximum Gasteiger partial charge on any atom is 0.274 e. The standard InChI is InChI=1S/C16H20N4O/c1-12-3-4-13(2)20(12)14-5-9-19(10-6-14)16(21)15-11-17-7-8-18-15/h3-4,7-8,11,14H,5-6,9-10H2,1-2H3. The van der Waals surface area contributed by atoms with Crippen molar-refractivity contribution in [1.29, 1.82) is 0 Å². The SMILES string of the molecule is Cc1ccc(C)n1C1CCN(C(=O)c2cnccn2)CC1. The zero-order valence-corrected chi connectivity index (χ0v) is 12.5. The van der Waals surface area contributed by atoms with Gasteiger partial charge in [0.05, 0.1) is 6.20 Å². The summed E-state index contributed by atoms with van der Waals surface area (Å²) >= 11 is 0. The van der Waals surface area contributed by atoms with Crippen LogP contribution in [0.25, 0.3) is 0 Å². The molecule has 5 heteroatoms. The van der Waals surface area contributed by atoms with Crippen molar-refractivity contribution in [3.63, 3.8) is 0 Å². The Kier molecular flexibility index (Phi) is 3.73. The number of carbonyl (C=O) groups excluding carboxylic acids is 1. The van der Waals surface area contributed by atoms with E-state index in [4.69, 9.17) is 0 Å². The van der Waals surface area contributed by atoms with Gasteiger partial charge in [-0.2, -0.15) is 0 Å². The van der Waals surface area contributed by atoms with E-state index in [2.05, 4.69) is 40.5 Å². The van der Waals surface area contributed by atoms with Gasteiger partial charge >= 0.3 is 0 Å². The van der Waals surface area contributed by atoms with Crippen LogP contribution in [0.3, 0.4) is 0 Å². The first-order valence-electron chi connectivity index (χ1n) is 7.36. The summed E-state index contributed by atoms with van der Waals surface area (Å²) in [6, 6.07) is 4.81. The van der Waals surface area contributed by atoms with Crippen LogP contribution in [0.5, 0.6) is 0 Å². The first-order valence-corrected chi connectivity index (χ1v) is 7.36. The van der Waals surface area contributed by atoms with Gasteiger partial charge in [0.2, 0.25) is 0 Å². The molecule has 0 aromatic carbocycles. The van der Waals surface area contributed by atoms with E-state index in [-0.39, 0.29) is 5.91 Å². The molecule has 1 aliphatic heterocycles. The van der Waals surface area contributed by atoms with E-state index in [1.54, 1.807) is 12.4 Å². The average molecular weight is 284 g/mol. The van der Waals surface area contributed by atoms with Crippen LogP contribution in [0.1, 0.15) is 40.8 Å². The minimum Gasteiger partial charge on any atom is -0.346 e. The predicted octanol–water partition coefficient (Wildman–Crippen LogP) is 2.37. The Morgan fingerprint density at radius 2 is 1.81 bits per heavy atom. The molecule has 1 amide bonds. The van der Waals surface area contributed by atoms with Crippen molar-refractivity contribution in [1.82, 2.24) is 19.4 Å². The molecule has 0 aliphatic carbocycles. The number of hydrogen-bond donors (Lipinski definition) is 0. The molecule has 110 valence electrons. The van der Waals surface area contributed by atoms with E-state index in [9.17, 15) is 4.79 Å². The maximum atomic E-state index is 12.3. The van der Waals surface area contributed by atoms with E-state index < -0.39 is 0 Å². The molecule has 2 aromatic heterocycles. The van der Waals surface area contributed by atoms with Gasteiger partial charge in [-0.1, -0.05) is 0 Å². The third-order valence-electron chi connectivity index (χ3n) is 4.22. The van der Waals surface area contributed by atoms with E-state index in [0.717, 1.165) is 25.9 Å². The number of likely N-dealkylation sites (tertiary alicyclic amines) is 1. The highest BCUT2D eigenvalue weighted by molar-refractivity contribution is 5.92. The summed E-state index contributed by atoms with van der Waals surface area (Å²) < 4.78 is 2.39. The molecule has 21 heavy (non-hydrogen) atoms. The number of aryl methyl sites for hydroxylation is 2. The molecule has 0 N–H and O–H groups in total. The van der Waals surface area contributed by atoms with E-state index >= 15 is 0 Å². The fourth-order valence-corrected chi connectivity index (χ4v) is 3.15. The maximum absolute atomic E-state index is 12.3. The molecule has 0 spiro atoms. The second kappa shape index (κ2) is 5.68. The second-order valence-corrected chi connectivity index (χ2v) is 5.60. The Labute approximate surface area is 124 Å². The highest BCUT2D eigenvalue weighted by atomic mass is 16.2. The Balaban J connectivity index is 1.67. The normalized spacial score (nSPS) is 16.2. The predicted molar refractivity (Wildman–Crippen MR) is 80.1 cm³/mol. The number of aromatic nitrogens is 3. The molecule has 1 fully saturated rings. The van der Waals surface area contributed by atoms with Crippen LogP contribution in [0.2, 0.25) is 0 Å². The van der Waals surface area contributed by atoms with Gasteiger partial charge in [0.25, 0.3) is 5.91 Å². The molecule has 3 rings (SSSR count). The Hall–Kier alpha value is -2.17. The molecule has 3 heterocycles. The summed E-state index contributed by atoms with van der Waals surface area (Å²) in [6.07, 6.45) is 6.66. The number of amides is 1. The summed E-state index contributed by atoms with van der Waals surface area (Å²) in [5.41, 5.74) is 3.03. The smallest absolute Gasteiger partial charge is 0.274 e. The van der Waals surface area contributed by atoms with E-state index in [0.29, 0.717) is 11.7 Å². The van der Waals surface area contributed by atoms with Gasteiger partial charge in [-0.3, -0.25) is 9.78 Å². The quantitative estimate of drug-likeness (QED) is 0.850. The van der Waals surface area contributed by atoms with Gasteiger partial charge in [0.15, 0.2) is 0 Å². The summed E-state index contributed by atoms with van der Waals surface area (Å²) in [5, 5.41) is 0. The van der Waals surface area contributed by atoms with Crippen LogP contribution in [-0.4, -0.2) is 38.4 Å². The highest BCUT2D eigenvalue weighted by Crippen LogP contribution is 2.26. The summed E-state index contributed by atoms with van der Waals surface area (Å²) in [5.74, 6) is -0.0116. The first kappa shape index (κ1) is 13.8. The fraction of sp³-hybridized carbons (Fsp3) is 0.438. The minimum absolute atomic E-state index is 0.0116. The van der Waals surface area contributed by atoms with Crippen LogP contribution in [-0.2, 0) is 0 Å². The lowest BCUT2D eigenvalue weighted by molar-refractivity contribution is 0.0687. The van der Waals surface area contributed by atoms with E-state index in [1.807, 2.05) is 4.90 Å². The van der Waals surface area contributed by atoms with Crippen molar-refractivity contribution in [2.45, 2.75) is 32.7 Å². The number of nitrogens with zero attached hydrogens (tertiary/aromatic N) is 4. The number of piperidine rings is 1. The Morgan fingerprint density at radius 1 is 1.14 bits per heavy atom. The van der Waals surface area contributed by atoms with Gasteiger partial charge in [-0.05, 0) is 38.8 Å². The second-order valence-electron chi connectivity index (χ2n) is 5.60. The molecule has 0 radical (unpaired) electrons.